The fourth-order valence-electron chi connectivity index (χ4n) is 2.18. The molecule has 3 heteroatoms. The Kier molecular flexibility index (Phi) is 3.96. The van der Waals surface area contributed by atoms with Gasteiger partial charge in [0.2, 0.25) is 0 Å². The number of carbonyl (C=O) groups is 1. The topological polar surface area (TPSA) is 20.3 Å². The second-order valence-corrected chi connectivity index (χ2v) is 5.91. The summed E-state index contributed by atoms with van der Waals surface area (Å²) in [5, 5.41) is 0.690. The minimum Gasteiger partial charge on any atom is -0.367 e. The van der Waals surface area contributed by atoms with E-state index >= 15 is 0 Å². The summed E-state index contributed by atoms with van der Waals surface area (Å²) in [5.41, 5.74) is 1.75. The fourth-order valence-corrected chi connectivity index (χ4v) is 2.47. The van der Waals surface area contributed by atoms with Crippen LogP contribution in [0.3, 0.4) is 0 Å². The molecule has 1 fully saturated rings. The first kappa shape index (κ1) is 13.4. The van der Waals surface area contributed by atoms with E-state index in [9.17, 15) is 4.79 Å². The van der Waals surface area contributed by atoms with Crippen LogP contribution in [0.2, 0.25) is 5.02 Å². The Bertz CT molecular complexity index is 452. The third-order valence-electron chi connectivity index (χ3n) is 3.21. The number of carbonyl (C=O) groups excluding carboxylic acids is 1. The molecule has 1 aromatic carbocycles. The molecule has 0 radical (unpaired) electrons. The summed E-state index contributed by atoms with van der Waals surface area (Å²) < 4.78 is 0. The molecule has 0 N–H and O–H groups in total. The molecule has 0 aromatic heterocycles. The summed E-state index contributed by atoms with van der Waals surface area (Å²) >= 11 is 6.33. The molecular weight excluding hydrogens is 246 g/mol. The van der Waals surface area contributed by atoms with Crippen LogP contribution in [0.15, 0.2) is 18.2 Å². The molecule has 2 nitrogen and oxygen atoms in total. The van der Waals surface area contributed by atoms with Crippen molar-refractivity contribution in [2.75, 3.05) is 11.4 Å². The van der Waals surface area contributed by atoms with Gasteiger partial charge < -0.3 is 4.90 Å². The van der Waals surface area contributed by atoms with E-state index < -0.39 is 0 Å². The van der Waals surface area contributed by atoms with Crippen LogP contribution in [0.4, 0.5) is 5.69 Å². The van der Waals surface area contributed by atoms with Crippen molar-refractivity contribution in [3.8, 4) is 0 Å². The molecule has 1 saturated carbocycles. The maximum Gasteiger partial charge on any atom is 0.159 e. The van der Waals surface area contributed by atoms with Crippen LogP contribution in [0, 0.1) is 5.92 Å². The smallest absolute Gasteiger partial charge is 0.159 e. The summed E-state index contributed by atoms with van der Waals surface area (Å²) in [5.74, 6) is 0.666. The average molecular weight is 266 g/mol. The molecule has 0 aliphatic heterocycles. The first-order valence-electron chi connectivity index (χ1n) is 6.56. The first-order chi connectivity index (χ1) is 8.49. The molecule has 98 valence electrons. The van der Waals surface area contributed by atoms with Crippen molar-refractivity contribution in [1.29, 1.82) is 0 Å². The first-order valence-corrected chi connectivity index (χ1v) is 6.94. The van der Waals surface area contributed by atoms with Gasteiger partial charge in [-0.1, -0.05) is 25.4 Å². The maximum absolute atomic E-state index is 11.3. The highest BCUT2D eigenvalue weighted by molar-refractivity contribution is 6.33. The van der Waals surface area contributed by atoms with Gasteiger partial charge >= 0.3 is 0 Å². The van der Waals surface area contributed by atoms with E-state index in [4.69, 9.17) is 11.6 Å². The molecule has 0 bridgehead atoms. The third-order valence-corrected chi connectivity index (χ3v) is 3.52. The van der Waals surface area contributed by atoms with Gasteiger partial charge in [-0.2, -0.15) is 0 Å². The van der Waals surface area contributed by atoms with E-state index in [1.165, 1.54) is 12.8 Å². The minimum absolute atomic E-state index is 0.0604. The molecule has 0 spiro atoms. The van der Waals surface area contributed by atoms with E-state index in [0.717, 1.165) is 12.2 Å². The highest BCUT2D eigenvalue weighted by atomic mass is 35.5. The lowest BCUT2D eigenvalue weighted by Gasteiger charge is -2.27. The lowest BCUT2D eigenvalue weighted by molar-refractivity contribution is 0.101. The Balaban J connectivity index is 2.27. The van der Waals surface area contributed by atoms with Crippen molar-refractivity contribution in [3.63, 3.8) is 0 Å². The van der Waals surface area contributed by atoms with Crippen molar-refractivity contribution in [3.05, 3.63) is 28.8 Å². The van der Waals surface area contributed by atoms with Crippen molar-refractivity contribution < 1.29 is 4.79 Å². The summed E-state index contributed by atoms with van der Waals surface area (Å²) in [6.45, 7) is 7.02. The van der Waals surface area contributed by atoms with Crippen LogP contribution in [-0.4, -0.2) is 18.4 Å². The van der Waals surface area contributed by atoms with E-state index in [0.29, 0.717) is 22.5 Å². The van der Waals surface area contributed by atoms with Gasteiger partial charge in [-0.05, 0) is 43.9 Å². The van der Waals surface area contributed by atoms with Gasteiger partial charge in [0.05, 0.1) is 10.7 Å². The molecule has 0 unspecified atom stereocenters. The number of rotatable bonds is 5. The zero-order valence-electron chi connectivity index (χ0n) is 11.2. The molecule has 0 saturated heterocycles. The predicted octanol–water partition coefficient (Wildman–Crippen LogP) is 4.17. The SMILES string of the molecule is CC(=O)c1ccc(N(CC(C)C)C2CC2)c(Cl)c1. The van der Waals surface area contributed by atoms with Gasteiger partial charge in [0.1, 0.15) is 0 Å². The van der Waals surface area contributed by atoms with Crippen molar-refractivity contribution in [1.82, 2.24) is 0 Å². The summed E-state index contributed by atoms with van der Waals surface area (Å²) in [7, 11) is 0. The van der Waals surface area contributed by atoms with Gasteiger partial charge in [0.15, 0.2) is 5.78 Å². The zero-order chi connectivity index (χ0) is 13.3. The van der Waals surface area contributed by atoms with Gasteiger partial charge in [-0.25, -0.2) is 0 Å². The molecule has 0 heterocycles. The van der Waals surface area contributed by atoms with Gasteiger partial charge in [-0.3, -0.25) is 4.79 Å². The van der Waals surface area contributed by atoms with Crippen molar-refractivity contribution in [2.24, 2.45) is 5.92 Å². The van der Waals surface area contributed by atoms with E-state index in [1.807, 2.05) is 12.1 Å². The largest absolute Gasteiger partial charge is 0.367 e. The minimum atomic E-state index is 0.0604. The molecule has 1 aliphatic carbocycles. The number of benzene rings is 1. The summed E-state index contributed by atoms with van der Waals surface area (Å²) in [4.78, 5) is 13.7. The Morgan fingerprint density at radius 3 is 2.56 bits per heavy atom. The Labute approximate surface area is 114 Å². The monoisotopic (exact) mass is 265 g/mol. The maximum atomic E-state index is 11.3. The Hall–Kier alpha value is -1.02. The van der Waals surface area contributed by atoms with Crippen LogP contribution in [0.5, 0.6) is 0 Å². The standard InChI is InChI=1S/C15H20ClNO/c1-10(2)9-17(13-5-6-13)15-7-4-12(11(3)18)8-14(15)16/h4,7-8,10,13H,5-6,9H2,1-3H3. The Morgan fingerprint density at radius 1 is 1.44 bits per heavy atom. The zero-order valence-corrected chi connectivity index (χ0v) is 12.0. The van der Waals surface area contributed by atoms with Gasteiger partial charge in [0, 0.05) is 18.2 Å². The number of anilines is 1. The van der Waals surface area contributed by atoms with Crippen LogP contribution < -0.4 is 4.90 Å². The number of ketones is 1. The van der Waals surface area contributed by atoms with Gasteiger partial charge in [-0.15, -0.1) is 0 Å². The Morgan fingerprint density at radius 2 is 2.11 bits per heavy atom. The van der Waals surface area contributed by atoms with Crippen molar-refractivity contribution in [2.45, 2.75) is 39.7 Å². The van der Waals surface area contributed by atoms with E-state index in [2.05, 4.69) is 18.7 Å². The number of hydrogen-bond donors (Lipinski definition) is 0. The number of Topliss-reactive ketones (excluding diaryl/α,β-unsaturated/α-hetero) is 1. The molecule has 0 atom stereocenters. The van der Waals surface area contributed by atoms with Crippen LogP contribution in [0.1, 0.15) is 44.0 Å². The molecule has 18 heavy (non-hydrogen) atoms. The average Bonchev–Trinajstić information content (AvgIpc) is 3.09. The molecular formula is C15H20ClNO. The van der Waals surface area contributed by atoms with Crippen LogP contribution in [-0.2, 0) is 0 Å². The lowest BCUT2D eigenvalue weighted by atomic mass is 10.1. The number of hydrogen-bond acceptors (Lipinski definition) is 2. The normalized spacial score (nSPS) is 14.9. The van der Waals surface area contributed by atoms with Crippen LogP contribution >= 0.6 is 11.6 Å². The predicted molar refractivity (Wildman–Crippen MR) is 76.7 cm³/mol. The second kappa shape index (κ2) is 5.31. The lowest BCUT2D eigenvalue weighted by Crippen LogP contribution is -2.30. The summed E-state index contributed by atoms with van der Waals surface area (Å²) in [6, 6.07) is 6.28. The summed E-state index contributed by atoms with van der Waals surface area (Å²) in [6.07, 6.45) is 2.50. The van der Waals surface area contributed by atoms with Crippen LogP contribution in [0.25, 0.3) is 0 Å². The molecule has 1 aliphatic rings. The fraction of sp³-hybridized carbons (Fsp3) is 0.533. The number of halogens is 1. The molecule has 0 amide bonds. The van der Waals surface area contributed by atoms with Crippen molar-refractivity contribution >= 4 is 23.1 Å². The second-order valence-electron chi connectivity index (χ2n) is 5.50. The quantitative estimate of drug-likeness (QED) is 0.745. The van der Waals surface area contributed by atoms with Gasteiger partial charge in [0.25, 0.3) is 0 Å². The van der Waals surface area contributed by atoms with E-state index in [-0.39, 0.29) is 5.78 Å². The molecule has 2 rings (SSSR count). The molecule has 1 aromatic rings. The van der Waals surface area contributed by atoms with E-state index in [1.54, 1.807) is 13.0 Å². The highest BCUT2D eigenvalue weighted by Crippen LogP contribution is 2.36. The number of nitrogens with zero attached hydrogens (tertiary/aromatic N) is 1. The highest BCUT2D eigenvalue weighted by Gasteiger charge is 2.30. The third kappa shape index (κ3) is 3.05.